The van der Waals surface area contributed by atoms with Crippen molar-refractivity contribution in [2.45, 2.75) is 44.8 Å². The van der Waals surface area contributed by atoms with Gasteiger partial charge >= 0.3 is 0 Å². The molecular weight excluding hydrogens is 361 g/mol. The van der Waals surface area contributed by atoms with Crippen molar-refractivity contribution in [2.24, 2.45) is 0 Å². The van der Waals surface area contributed by atoms with Crippen molar-refractivity contribution in [1.29, 1.82) is 0 Å². The molecule has 0 heterocycles. The molecule has 1 atom stereocenters. The van der Waals surface area contributed by atoms with Gasteiger partial charge in [-0.1, -0.05) is 13.0 Å². The summed E-state index contributed by atoms with van der Waals surface area (Å²) in [7, 11) is -1.45. The van der Waals surface area contributed by atoms with Gasteiger partial charge in [-0.3, -0.25) is 0 Å². The third-order valence-corrected chi connectivity index (χ3v) is 6.71. The number of rotatable bonds is 6. The quantitative estimate of drug-likeness (QED) is 0.694. The molecule has 1 aliphatic rings. The van der Waals surface area contributed by atoms with E-state index in [1.165, 1.54) is 12.1 Å². The molecule has 0 aliphatic heterocycles. The van der Waals surface area contributed by atoms with Gasteiger partial charge in [0, 0.05) is 0 Å². The molecule has 0 bridgehead atoms. The first-order chi connectivity index (χ1) is 12.3. The first kappa shape index (κ1) is 18.8. The lowest BCUT2D eigenvalue weighted by Gasteiger charge is -2.20. The monoisotopic (exact) mass is 382 g/mol. The normalized spacial score (nSPS) is 16.2. The maximum absolute atomic E-state index is 14.5. The summed E-state index contributed by atoms with van der Waals surface area (Å²) >= 11 is 0. The summed E-state index contributed by atoms with van der Waals surface area (Å²) in [5, 5.41) is 2.63. The van der Waals surface area contributed by atoms with Crippen molar-refractivity contribution < 1.29 is 17.4 Å². The molecule has 1 aliphatic carbocycles. The van der Waals surface area contributed by atoms with Crippen LogP contribution in [0, 0.1) is 31.3 Å². The van der Waals surface area contributed by atoms with E-state index in [0.29, 0.717) is 11.1 Å². The highest BCUT2D eigenvalue weighted by Crippen LogP contribution is 2.46. The van der Waals surface area contributed by atoms with E-state index in [4.69, 9.17) is 0 Å². The summed E-state index contributed by atoms with van der Waals surface area (Å²) in [5.41, 5.74) is 1.05. The van der Waals surface area contributed by atoms with Crippen LogP contribution in [0.15, 0.2) is 24.3 Å². The number of hydrogen-bond acceptors (Lipinski definition) is 2. The van der Waals surface area contributed by atoms with Crippen molar-refractivity contribution in [3.8, 4) is 0 Å². The minimum atomic E-state index is -1.45. The van der Waals surface area contributed by atoms with Crippen molar-refractivity contribution in [3.05, 3.63) is 52.8 Å². The van der Waals surface area contributed by atoms with E-state index in [0.717, 1.165) is 25.3 Å². The lowest BCUT2D eigenvalue weighted by atomic mass is 10.1. The summed E-state index contributed by atoms with van der Waals surface area (Å²) in [4.78, 5) is 0. The second-order valence-corrected chi connectivity index (χ2v) is 8.36. The molecular formula is C19H21F3N2OS. The van der Waals surface area contributed by atoms with Crippen molar-refractivity contribution >= 4 is 28.0 Å². The Morgan fingerprint density at radius 1 is 1.08 bits per heavy atom. The lowest BCUT2D eigenvalue weighted by molar-refractivity contribution is 0.511. The van der Waals surface area contributed by atoms with E-state index in [9.17, 15) is 17.4 Å². The predicted molar refractivity (Wildman–Crippen MR) is 99.5 cm³/mol. The van der Waals surface area contributed by atoms with Crippen LogP contribution in [-0.2, 0) is 11.0 Å². The molecule has 26 heavy (non-hydrogen) atoms. The third kappa shape index (κ3) is 3.45. The van der Waals surface area contributed by atoms with Gasteiger partial charge in [0.1, 0.15) is 22.5 Å². The van der Waals surface area contributed by atoms with Crippen molar-refractivity contribution in [3.63, 3.8) is 0 Å². The molecule has 3 rings (SSSR count). The Labute approximate surface area is 153 Å². The molecule has 0 saturated heterocycles. The average Bonchev–Trinajstić information content (AvgIpc) is 3.39. The SMILES string of the molecule is CCC1(S(=O)Nc2c(C)cc(F)c(F)c2Nc2ccc(C)cc2F)CC1. The van der Waals surface area contributed by atoms with Gasteiger partial charge in [0.25, 0.3) is 0 Å². The van der Waals surface area contributed by atoms with Gasteiger partial charge in [-0.05, 0) is 62.4 Å². The molecule has 2 aromatic carbocycles. The number of benzene rings is 2. The van der Waals surface area contributed by atoms with Crippen molar-refractivity contribution in [2.75, 3.05) is 10.0 Å². The van der Waals surface area contributed by atoms with E-state index >= 15 is 0 Å². The van der Waals surface area contributed by atoms with Gasteiger partial charge in [0.15, 0.2) is 11.6 Å². The van der Waals surface area contributed by atoms with E-state index < -0.39 is 28.4 Å². The van der Waals surface area contributed by atoms with E-state index in [1.54, 1.807) is 19.9 Å². The van der Waals surface area contributed by atoms with Gasteiger partial charge in [0.2, 0.25) is 0 Å². The molecule has 0 aromatic heterocycles. The zero-order chi connectivity index (χ0) is 19.1. The highest BCUT2D eigenvalue weighted by atomic mass is 32.2. The molecule has 2 aromatic rings. The van der Waals surface area contributed by atoms with Gasteiger partial charge in [0.05, 0.1) is 16.1 Å². The predicted octanol–water partition coefficient (Wildman–Crippen LogP) is 5.48. The molecule has 1 fully saturated rings. The Kier molecular flexibility index (Phi) is 5.01. The molecule has 7 heteroatoms. The van der Waals surface area contributed by atoms with Crippen LogP contribution in [0.2, 0.25) is 0 Å². The van der Waals surface area contributed by atoms with Gasteiger partial charge in [-0.15, -0.1) is 0 Å². The summed E-state index contributed by atoms with van der Waals surface area (Å²) in [6, 6.07) is 5.46. The smallest absolute Gasteiger partial charge is 0.184 e. The van der Waals surface area contributed by atoms with Crippen LogP contribution in [-0.4, -0.2) is 8.96 Å². The van der Waals surface area contributed by atoms with Crippen LogP contribution in [0.3, 0.4) is 0 Å². The number of hydrogen-bond donors (Lipinski definition) is 2. The van der Waals surface area contributed by atoms with Crippen LogP contribution in [0.4, 0.5) is 30.2 Å². The van der Waals surface area contributed by atoms with E-state index in [2.05, 4.69) is 10.0 Å². The molecule has 0 spiro atoms. The van der Waals surface area contributed by atoms with E-state index in [-0.39, 0.29) is 21.8 Å². The molecule has 2 N–H and O–H groups in total. The highest BCUT2D eigenvalue weighted by Gasteiger charge is 2.47. The number of nitrogens with one attached hydrogen (secondary N) is 2. The fraction of sp³-hybridized carbons (Fsp3) is 0.368. The maximum Gasteiger partial charge on any atom is 0.184 e. The first-order valence-corrected chi connectivity index (χ1v) is 9.62. The zero-order valence-electron chi connectivity index (χ0n) is 14.9. The maximum atomic E-state index is 14.5. The van der Waals surface area contributed by atoms with Crippen LogP contribution in [0.25, 0.3) is 0 Å². The molecule has 3 nitrogen and oxygen atoms in total. The molecule has 0 radical (unpaired) electrons. The number of anilines is 3. The minimum absolute atomic E-state index is 0.0185. The summed E-state index contributed by atoms with van der Waals surface area (Å²) in [5.74, 6) is -2.77. The van der Waals surface area contributed by atoms with Crippen LogP contribution in [0.5, 0.6) is 0 Å². The number of halogens is 3. The van der Waals surface area contributed by atoms with Crippen LogP contribution >= 0.6 is 0 Å². The van der Waals surface area contributed by atoms with E-state index in [1.807, 2.05) is 6.92 Å². The fourth-order valence-corrected chi connectivity index (χ4v) is 4.27. The molecule has 0 amide bonds. The standard InChI is InChI=1S/C19H21F3N2OS/c1-4-19(7-8-19)26(25)24-17-12(3)10-14(21)16(22)18(17)23-15-6-5-11(2)9-13(15)20/h5-6,9-10,23-24H,4,7-8H2,1-3H3. The van der Waals surface area contributed by atoms with Crippen LogP contribution in [0.1, 0.15) is 37.3 Å². The second kappa shape index (κ2) is 6.95. The average molecular weight is 382 g/mol. The second-order valence-electron chi connectivity index (χ2n) is 6.75. The summed E-state index contributed by atoms with van der Waals surface area (Å²) < 4.78 is 57.7. The lowest BCUT2D eigenvalue weighted by Crippen LogP contribution is -2.23. The van der Waals surface area contributed by atoms with Gasteiger partial charge in [-0.25, -0.2) is 17.4 Å². The Morgan fingerprint density at radius 3 is 2.35 bits per heavy atom. The summed E-state index contributed by atoms with van der Waals surface area (Å²) in [6.45, 7) is 5.27. The Bertz CT molecular complexity index is 882. The Morgan fingerprint density at radius 2 is 1.77 bits per heavy atom. The fourth-order valence-electron chi connectivity index (χ4n) is 2.87. The molecule has 140 valence electrons. The molecule has 1 saturated carbocycles. The third-order valence-electron chi connectivity index (χ3n) is 4.84. The summed E-state index contributed by atoms with van der Waals surface area (Å²) in [6.07, 6.45) is 2.37. The van der Waals surface area contributed by atoms with Gasteiger partial charge < -0.3 is 10.0 Å². The van der Waals surface area contributed by atoms with Crippen LogP contribution < -0.4 is 10.0 Å². The zero-order valence-corrected chi connectivity index (χ0v) is 15.7. The number of aryl methyl sites for hydroxylation is 2. The topological polar surface area (TPSA) is 41.1 Å². The largest absolute Gasteiger partial charge is 0.349 e. The first-order valence-electron chi connectivity index (χ1n) is 8.48. The Hall–Kier alpha value is -2.02. The van der Waals surface area contributed by atoms with Gasteiger partial charge in [-0.2, -0.15) is 0 Å². The Balaban J connectivity index is 2.01. The molecule has 1 unspecified atom stereocenters. The highest BCUT2D eigenvalue weighted by molar-refractivity contribution is 7.88. The van der Waals surface area contributed by atoms with Crippen molar-refractivity contribution in [1.82, 2.24) is 0 Å². The minimum Gasteiger partial charge on any atom is -0.349 e.